The summed E-state index contributed by atoms with van der Waals surface area (Å²) in [5.74, 6) is 0. The van der Waals surface area contributed by atoms with Crippen LogP contribution in [0.3, 0.4) is 0 Å². The molecule has 0 unspecified atom stereocenters. The molecule has 0 saturated carbocycles. The normalized spacial score (nSPS) is 12.0. The van der Waals surface area contributed by atoms with Gasteiger partial charge in [-0.2, -0.15) is 4.31 Å². The van der Waals surface area contributed by atoms with Crippen LogP contribution in [-0.4, -0.2) is 45.3 Å². The van der Waals surface area contributed by atoms with Crippen LogP contribution in [0.15, 0.2) is 57.5 Å². The van der Waals surface area contributed by atoms with E-state index in [4.69, 9.17) is 0 Å². The standard InChI is InChI=1S/C16H17N5O4S2/c1-3-19(4-2)27(24,25)12-9-10-15-17-18-16(20(15)11-12)26-14-8-6-5-7-13(14)21(22)23/h5-11H,3-4H2,1-2H3. The molecule has 0 aliphatic carbocycles. The Bertz CT molecular complexity index is 1090. The lowest BCUT2D eigenvalue weighted by atomic mass is 10.3. The van der Waals surface area contributed by atoms with Gasteiger partial charge in [0.15, 0.2) is 5.65 Å². The third-order valence-electron chi connectivity index (χ3n) is 3.95. The number of nitrogens with zero attached hydrogens (tertiary/aromatic N) is 5. The Kier molecular flexibility index (Phi) is 5.44. The van der Waals surface area contributed by atoms with Gasteiger partial charge in [0, 0.05) is 25.4 Å². The molecule has 27 heavy (non-hydrogen) atoms. The van der Waals surface area contributed by atoms with E-state index in [0.29, 0.717) is 28.8 Å². The highest BCUT2D eigenvalue weighted by atomic mass is 32.2. The fourth-order valence-corrected chi connectivity index (χ4v) is 4.95. The van der Waals surface area contributed by atoms with Gasteiger partial charge in [-0.15, -0.1) is 10.2 Å². The Labute approximate surface area is 160 Å². The van der Waals surface area contributed by atoms with E-state index >= 15 is 0 Å². The van der Waals surface area contributed by atoms with Gasteiger partial charge in [-0.25, -0.2) is 8.42 Å². The Hall–Kier alpha value is -2.50. The van der Waals surface area contributed by atoms with E-state index < -0.39 is 14.9 Å². The molecule has 0 amide bonds. The molecule has 142 valence electrons. The zero-order chi connectivity index (χ0) is 19.6. The van der Waals surface area contributed by atoms with Crippen LogP contribution >= 0.6 is 11.8 Å². The number of benzene rings is 1. The van der Waals surface area contributed by atoms with Gasteiger partial charge in [0.2, 0.25) is 15.2 Å². The summed E-state index contributed by atoms with van der Waals surface area (Å²) < 4.78 is 28.4. The van der Waals surface area contributed by atoms with Crippen molar-refractivity contribution in [1.29, 1.82) is 0 Å². The van der Waals surface area contributed by atoms with Crippen LogP contribution < -0.4 is 0 Å². The van der Waals surface area contributed by atoms with Crippen LogP contribution in [0.25, 0.3) is 5.65 Å². The molecule has 3 rings (SSSR count). The second-order valence-electron chi connectivity index (χ2n) is 5.49. The molecular weight excluding hydrogens is 390 g/mol. The van der Waals surface area contributed by atoms with Crippen molar-refractivity contribution in [2.75, 3.05) is 13.1 Å². The zero-order valence-electron chi connectivity index (χ0n) is 14.6. The predicted octanol–water partition coefficient (Wildman–Crippen LogP) is 2.82. The summed E-state index contributed by atoms with van der Waals surface area (Å²) in [5, 5.41) is 19.6. The highest BCUT2D eigenvalue weighted by Crippen LogP contribution is 2.34. The first-order valence-electron chi connectivity index (χ1n) is 8.14. The molecule has 11 heteroatoms. The molecule has 0 spiro atoms. The van der Waals surface area contributed by atoms with E-state index in [0.717, 1.165) is 11.8 Å². The molecule has 0 saturated heterocycles. The van der Waals surface area contributed by atoms with Gasteiger partial charge in [-0.3, -0.25) is 14.5 Å². The van der Waals surface area contributed by atoms with E-state index in [1.54, 1.807) is 38.1 Å². The van der Waals surface area contributed by atoms with Crippen molar-refractivity contribution in [3.8, 4) is 0 Å². The number of aromatic nitrogens is 3. The molecule has 0 aliphatic heterocycles. The van der Waals surface area contributed by atoms with Crippen molar-refractivity contribution in [2.24, 2.45) is 0 Å². The fourth-order valence-electron chi connectivity index (χ4n) is 2.58. The lowest BCUT2D eigenvalue weighted by Crippen LogP contribution is -2.30. The Morgan fingerprint density at radius 1 is 1.15 bits per heavy atom. The average molecular weight is 407 g/mol. The van der Waals surface area contributed by atoms with Crippen molar-refractivity contribution in [1.82, 2.24) is 18.9 Å². The van der Waals surface area contributed by atoms with Crippen molar-refractivity contribution in [3.63, 3.8) is 0 Å². The SMILES string of the molecule is CCN(CC)S(=O)(=O)c1ccc2nnc(Sc3ccccc3[N+](=O)[O-])n2c1. The molecule has 0 bridgehead atoms. The number of fused-ring (bicyclic) bond motifs is 1. The van der Waals surface area contributed by atoms with Crippen LogP contribution in [0.5, 0.6) is 0 Å². The molecule has 1 aromatic carbocycles. The van der Waals surface area contributed by atoms with Gasteiger partial charge in [-0.05, 0) is 30.0 Å². The minimum Gasteiger partial charge on any atom is -0.276 e. The second-order valence-corrected chi connectivity index (χ2v) is 8.44. The van der Waals surface area contributed by atoms with Crippen molar-refractivity contribution >= 4 is 33.1 Å². The maximum atomic E-state index is 12.7. The summed E-state index contributed by atoms with van der Waals surface area (Å²) in [4.78, 5) is 11.2. The summed E-state index contributed by atoms with van der Waals surface area (Å²) >= 11 is 1.06. The number of rotatable bonds is 7. The third-order valence-corrected chi connectivity index (χ3v) is 7.01. The fraction of sp³-hybridized carbons (Fsp3) is 0.250. The molecule has 0 aliphatic rings. The van der Waals surface area contributed by atoms with E-state index in [2.05, 4.69) is 10.2 Å². The monoisotopic (exact) mass is 407 g/mol. The van der Waals surface area contributed by atoms with Gasteiger partial charge >= 0.3 is 0 Å². The molecule has 2 aromatic heterocycles. The van der Waals surface area contributed by atoms with Crippen LogP contribution in [0, 0.1) is 10.1 Å². The minimum atomic E-state index is -3.64. The molecular formula is C16H17N5O4S2. The maximum Gasteiger partial charge on any atom is 0.283 e. The third kappa shape index (κ3) is 3.66. The predicted molar refractivity (Wildman–Crippen MR) is 100 cm³/mol. The van der Waals surface area contributed by atoms with Gasteiger partial charge in [-0.1, -0.05) is 26.0 Å². The quantitative estimate of drug-likeness (QED) is 0.437. The van der Waals surface area contributed by atoms with E-state index in [9.17, 15) is 18.5 Å². The van der Waals surface area contributed by atoms with Crippen LogP contribution in [0.1, 0.15) is 13.8 Å². The highest BCUT2D eigenvalue weighted by molar-refractivity contribution is 7.99. The number of hydrogen-bond donors (Lipinski definition) is 0. The van der Waals surface area contributed by atoms with Gasteiger partial charge < -0.3 is 0 Å². The first-order valence-corrected chi connectivity index (χ1v) is 10.4. The molecule has 0 fully saturated rings. The number of sulfonamides is 1. The van der Waals surface area contributed by atoms with E-state index in [1.165, 1.54) is 27.0 Å². The lowest BCUT2D eigenvalue weighted by Gasteiger charge is -2.18. The van der Waals surface area contributed by atoms with Crippen LogP contribution in [-0.2, 0) is 10.0 Å². The number of hydrogen-bond acceptors (Lipinski definition) is 7. The van der Waals surface area contributed by atoms with Crippen LogP contribution in [0.2, 0.25) is 0 Å². The topological polar surface area (TPSA) is 111 Å². The molecule has 0 N–H and O–H groups in total. The Morgan fingerprint density at radius 2 is 1.85 bits per heavy atom. The molecule has 0 atom stereocenters. The number of para-hydroxylation sites is 1. The van der Waals surface area contributed by atoms with E-state index in [-0.39, 0.29) is 10.6 Å². The van der Waals surface area contributed by atoms with Crippen LogP contribution in [0.4, 0.5) is 5.69 Å². The van der Waals surface area contributed by atoms with Crippen molar-refractivity contribution in [2.45, 2.75) is 28.8 Å². The Balaban J connectivity index is 2.06. The second kappa shape index (κ2) is 7.62. The first kappa shape index (κ1) is 19.3. The number of nitro groups is 1. The van der Waals surface area contributed by atoms with Crippen molar-refractivity contribution < 1.29 is 13.3 Å². The summed E-state index contributed by atoms with van der Waals surface area (Å²) in [7, 11) is -3.64. The first-order chi connectivity index (χ1) is 12.9. The maximum absolute atomic E-state index is 12.7. The highest BCUT2D eigenvalue weighted by Gasteiger charge is 2.23. The molecule has 9 nitrogen and oxygen atoms in total. The van der Waals surface area contributed by atoms with Gasteiger partial charge in [0.25, 0.3) is 5.69 Å². The molecule has 3 aromatic rings. The van der Waals surface area contributed by atoms with Gasteiger partial charge in [0.05, 0.1) is 14.7 Å². The van der Waals surface area contributed by atoms with E-state index in [1.807, 2.05) is 0 Å². The minimum absolute atomic E-state index is 0.0498. The number of nitro benzene ring substituents is 1. The number of pyridine rings is 1. The summed E-state index contributed by atoms with van der Waals surface area (Å²) in [6.45, 7) is 4.26. The Morgan fingerprint density at radius 3 is 2.52 bits per heavy atom. The van der Waals surface area contributed by atoms with Gasteiger partial charge in [0.1, 0.15) is 0 Å². The average Bonchev–Trinajstić information content (AvgIpc) is 3.05. The zero-order valence-corrected chi connectivity index (χ0v) is 16.3. The van der Waals surface area contributed by atoms with Crippen molar-refractivity contribution in [3.05, 3.63) is 52.7 Å². The largest absolute Gasteiger partial charge is 0.283 e. The summed E-state index contributed by atoms with van der Waals surface area (Å²) in [5.41, 5.74) is 0.403. The molecule has 2 heterocycles. The smallest absolute Gasteiger partial charge is 0.276 e. The molecule has 0 radical (unpaired) electrons. The summed E-state index contributed by atoms with van der Waals surface area (Å²) in [6, 6.07) is 9.33. The summed E-state index contributed by atoms with van der Waals surface area (Å²) in [6.07, 6.45) is 1.44. The lowest BCUT2D eigenvalue weighted by molar-refractivity contribution is -0.387.